The highest BCUT2D eigenvalue weighted by atomic mass is 16.7. The van der Waals surface area contributed by atoms with Crippen LogP contribution in [-0.2, 0) is 19.1 Å². The highest BCUT2D eigenvalue weighted by Gasteiger charge is 2.69. The Morgan fingerprint density at radius 1 is 0.917 bits per heavy atom. The molecule has 2 aliphatic heterocycles. The summed E-state index contributed by atoms with van der Waals surface area (Å²) in [6.07, 6.45) is 12.6. The first-order valence-electron chi connectivity index (χ1n) is 15.2. The molecule has 1 N–H and O–H groups in total. The van der Waals surface area contributed by atoms with Crippen LogP contribution in [0.1, 0.15) is 105 Å². The van der Waals surface area contributed by atoms with Gasteiger partial charge in [0.25, 0.3) is 0 Å². The van der Waals surface area contributed by atoms with Crippen LogP contribution in [0, 0.1) is 52.3 Å². The number of carbonyl (C=O) groups is 2. The molecule has 1 amide bonds. The van der Waals surface area contributed by atoms with Gasteiger partial charge >= 0.3 is 0 Å². The smallest absolute Gasteiger partial charge is 0.227 e. The third-order valence-electron chi connectivity index (χ3n) is 12.7. The minimum atomic E-state index is -0.318. The summed E-state index contributed by atoms with van der Waals surface area (Å²) in [6.45, 7) is 12.3. The molecule has 2 saturated heterocycles. The van der Waals surface area contributed by atoms with Gasteiger partial charge in [-0.05, 0) is 111 Å². The normalized spacial score (nSPS) is 53.8. The van der Waals surface area contributed by atoms with Crippen molar-refractivity contribution >= 4 is 11.7 Å². The molecule has 0 bridgehead atoms. The van der Waals surface area contributed by atoms with Crippen molar-refractivity contribution in [2.45, 2.75) is 123 Å². The fourth-order valence-corrected chi connectivity index (χ4v) is 10.9. The Kier molecular flexibility index (Phi) is 6.19. The molecule has 6 rings (SSSR count). The molecule has 6 fully saturated rings. The Morgan fingerprint density at radius 2 is 1.69 bits per heavy atom. The number of carbonyl (C=O) groups excluding carboxylic acids is 2. The predicted molar refractivity (Wildman–Crippen MR) is 139 cm³/mol. The molecule has 0 radical (unpaired) electrons. The molecule has 4 aliphatic carbocycles. The van der Waals surface area contributed by atoms with Crippen LogP contribution in [0.15, 0.2) is 0 Å². The van der Waals surface area contributed by atoms with E-state index in [1.807, 2.05) is 0 Å². The van der Waals surface area contributed by atoms with Gasteiger partial charge in [0.05, 0.1) is 19.1 Å². The topological polar surface area (TPSA) is 64.6 Å². The third kappa shape index (κ3) is 3.76. The lowest BCUT2D eigenvalue weighted by atomic mass is 9.44. The maximum atomic E-state index is 12.2. The number of hydrogen-bond acceptors (Lipinski definition) is 4. The predicted octanol–water partition coefficient (Wildman–Crippen LogP) is 5.90. The second kappa shape index (κ2) is 8.79. The molecular weight excluding hydrogens is 450 g/mol. The summed E-state index contributed by atoms with van der Waals surface area (Å²) in [5, 5.41) is 3.19. The van der Waals surface area contributed by atoms with Crippen LogP contribution in [-0.4, -0.2) is 36.2 Å². The molecule has 5 heteroatoms. The van der Waals surface area contributed by atoms with Gasteiger partial charge < -0.3 is 14.8 Å². The van der Waals surface area contributed by atoms with E-state index in [9.17, 15) is 9.59 Å². The van der Waals surface area contributed by atoms with Crippen molar-refractivity contribution < 1.29 is 19.1 Å². The average molecular weight is 500 g/mol. The third-order valence-corrected chi connectivity index (χ3v) is 12.7. The molecule has 4 saturated carbocycles. The molecule has 0 unspecified atom stereocenters. The quantitative estimate of drug-likeness (QED) is 0.491. The number of ether oxygens (including phenoxy) is 2. The molecular formula is C31H49NO4. The minimum absolute atomic E-state index is 0.0254. The van der Waals surface area contributed by atoms with Crippen LogP contribution in [0.3, 0.4) is 0 Å². The van der Waals surface area contributed by atoms with E-state index >= 15 is 0 Å². The Labute approximate surface area is 218 Å². The van der Waals surface area contributed by atoms with Gasteiger partial charge in [0, 0.05) is 18.4 Å². The summed E-state index contributed by atoms with van der Waals surface area (Å²) in [5.74, 6) is 4.42. The highest BCUT2D eigenvalue weighted by molar-refractivity contribution is 5.96. The van der Waals surface area contributed by atoms with E-state index in [4.69, 9.17) is 9.47 Å². The fraction of sp³-hybridized carbons (Fsp3) is 0.935. The zero-order valence-corrected chi connectivity index (χ0v) is 23.3. The summed E-state index contributed by atoms with van der Waals surface area (Å²) in [7, 11) is 0. The molecule has 1 spiro atoms. The van der Waals surface area contributed by atoms with Gasteiger partial charge in [-0.3, -0.25) is 9.59 Å². The van der Waals surface area contributed by atoms with Gasteiger partial charge in [-0.1, -0.05) is 27.7 Å². The van der Waals surface area contributed by atoms with Crippen molar-refractivity contribution in [2.75, 3.05) is 6.61 Å². The van der Waals surface area contributed by atoms with E-state index in [-0.39, 0.29) is 29.9 Å². The van der Waals surface area contributed by atoms with Crippen LogP contribution in [0.4, 0.5) is 0 Å². The number of nitrogens with one attached hydrogen (secondary N) is 1. The summed E-state index contributed by atoms with van der Waals surface area (Å²) >= 11 is 0. The Morgan fingerprint density at radius 3 is 2.42 bits per heavy atom. The number of ketones is 1. The lowest BCUT2D eigenvalue weighted by Gasteiger charge is -2.61. The number of amides is 1. The Bertz CT molecular complexity index is 895. The van der Waals surface area contributed by atoms with Crippen LogP contribution < -0.4 is 5.32 Å². The van der Waals surface area contributed by atoms with Crippen LogP contribution in [0.25, 0.3) is 0 Å². The molecule has 0 aromatic heterocycles. The lowest BCUT2D eigenvalue weighted by Crippen LogP contribution is -2.56. The molecule has 2 heterocycles. The van der Waals surface area contributed by atoms with E-state index in [1.165, 1.54) is 51.9 Å². The van der Waals surface area contributed by atoms with Gasteiger partial charge in [0.15, 0.2) is 5.79 Å². The van der Waals surface area contributed by atoms with Crippen LogP contribution in [0.5, 0.6) is 0 Å². The fourth-order valence-electron chi connectivity index (χ4n) is 10.9. The lowest BCUT2D eigenvalue weighted by molar-refractivity contribution is -0.273. The monoisotopic (exact) mass is 499 g/mol. The molecule has 12 atom stereocenters. The first-order chi connectivity index (χ1) is 17.1. The van der Waals surface area contributed by atoms with E-state index in [2.05, 4.69) is 33.0 Å². The molecule has 6 aliphatic rings. The zero-order valence-electron chi connectivity index (χ0n) is 23.3. The number of hydrogen-bond donors (Lipinski definition) is 1. The maximum Gasteiger partial charge on any atom is 0.227 e. The van der Waals surface area contributed by atoms with E-state index < -0.39 is 0 Å². The SMILES string of the molecule is CC(=O)CC(=O)N[C@H]1CC[C@@]2(C)[C@H](CC[C@@H]3[C@@H]2CC[C@]2(C)[C@@H]4[C@H](C[C@@H]32)O[C@]2(CC[C@H](C)CO2)[C@H]4C)C1. The van der Waals surface area contributed by atoms with Gasteiger partial charge in [-0.2, -0.15) is 0 Å². The van der Waals surface area contributed by atoms with Crippen LogP contribution >= 0.6 is 0 Å². The summed E-state index contributed by atoms with van der Waals surface area (Å²) < 4.78 is 13.4. The van der Waals surface area contributed by atoms with Crippen molar-refractivity contribution in [3.05, 3.63) is 0 Å². The second-order valence-corrected chi connectivity index (χ2v) is 14.6. The number of fused-ring (bicyclic) bond motifs is 7. The highest BCUT2D eigenvalue weighted by Crippen LogP contribution is 2.71. The summed E-state index contributed by atoms with van der Waals surface area (Å²) in [6, 6.07) is 0.245. The van der Waals surface area contributed by atoms with E-state index in [1.54, 1.807) is 0 Å². The second-order valence-electron chi connectivity index (χ2n) is 14.6. The number of rotatable bonds is 3. The van der Waals surface area contributed by atoms with Crippen molar-refractivity contribution in [3.63, 3.8) is 0 Å². The van der Waals surface area contributed by atoms with Crippen molar-refractivity contribution in [2.24, 2.45) is 52.3 Å². The van der Waals surface area contributed by atoms with Gasteiger partial charge in [-0.25, -0.2) is 0 Å². The van der Waals surface area contributed by atoms with E-state index in [0.717, 1.165) is 43.6 Å². The molecule has 0 aromatic rings. The first-order valence-corrected chi connectivity index (χ1v) is 15.2. The summed E-state index contributed by atoms with van der Waals surface area (Å²) in [4.78, 5) is 23.6. The van der Waals surface area contributed by atoms with Crippen LogP contribution in [0.2, 0.25) is 0 Å². The van der Waals surface area contributed by atoms with Crippen molar-refractivity contribution in [1.29, 1.82) is 0 Å². The Hall–Kier alpha value is -0.940. The van der Waals surface area contributed by atoms with Gasteiger partial charge in [0.2, 0.25) is 5.91 Å². The maximum absolute atomic E-state index is 12.2. The van der Waals surface area contributed by atoms with E-state index in [0.29, 0.717) is 40.6 Å². The molecule has 0 aromatic carbocycles. The largest absolute Gasteiger partial charge is 0.353 e. The first kappa shape index (κ1) is 25.3. The van der Waals surface area contributed by atoms with Crippen molar-refractivity contribution in [3.8, 4) is 0 Å². The minimum Gasteiger partial charge on any atom is -0.353 e. The van der Waals surface area contributed by atoms with Gasteiger partial charge in [-0.15, -0.1) is 0 Å². The molecule has 202 valence electrons. The Balaban J connectivity index is 1.16. The van der Waals surface area contributed by atoms with Crippen molar-refractivity contribution in [1.82, 2.24) is 5.32 Å². The average Bonchev–Trinajstić information content (AvgIpc) is 3.26. The molecule has 36 heavy (non-hydrogen) atoms. The molecule has 5 nitrogen and oxygen atoms in total. The number of Topliss-reactive ketones (excluding diaryl/α,β-unsaturated/α-hetero) is 1. The van der Waals surface area contributed by atoms with Gasteiger partial charge in [0.1, 0.15) is 5.78 Å². The standard InChI is InChI=1S/C31H49NO4/c1-18-8-13-31(35-17-18)20(3)28-26(36-31)16-25-23-7-6-21-15-22(32-27(34)14-19(2)33)9-11-29(21,4)24(23)10-12-30(25,28)5/h18,20-26,28H,6-17H2,1-5H3,(H,32,34)/t18-,20-,21+,22-,23+,24-,25-,26-,28-,29-,30-,31+/m0/s1. The zero-order chi connectivity index (χ0) is 25.5. The summed E-state index contributed by atoms with van der Waals surface area (Å²) in [5.41, 5.74) is 0.766.